The quantitative estimate of drug-likeness (QED) is 0.228. The molecule has 0 aliphatic heterocycles. The Labute approximate surface area is 155 Å². The number of ketones is 3. The van der Waals surface area contributed by atoms with Crippen LogP contribution in [0.4, 0.5) is 0 Å². The Morgan fingerprint density at radius 3 is 1.60 bits per heavy atom. The van der Waals surface area contributed by atoms with Crippen LogP contribution in [0.2, 0.25) is 0 Å². The molecule has 0 N–H and O–H groups in total. The topological polar surface area (TPSA) is 77.5 Å². The Hall–Kier alpha value is 0.524. The van der Waals surface area contributed by atoms with Crippen LogP contribution in [0.1, 0.15) is 41.0 Å². The van der Waals surface area contributed by atoms with Gasteiger partial charge in [0.25, 0.3) is 0 Å². The van der Waals surface area contributed by atoms with Crippen molar-refractivity contribution in [2.24, 2.45) is 5.92 Å². The van der Waals surface area contributed by atoms with E-state index in [-0.39, 0.29) is 36.7 Å². The van der Waals surface area contributed by atoms with E-state index in [0.717, 1.165) is 0 Å². The maximum absolute atomic E-state index is 11.0. The Balaban J connectivity index is -0.000000136. The van der Waals surface area contributed by atoms with Crippen LogP contribution in [0, 0.1) is 5.92 Å². The van der Waals surface area contributed by atoms with Gasteiger partial charge in [-0.05, 0) is 27.7 Å². The number of hydrogen-bond donors (Lipinski definition) is 0. The molecule has 1 unspecified atom stereocenters. The summed E-state index contributed by atoms with van der Waals surface area (Å²) in [6, 6.07) is 0. The van der Waals surface area contributed by atoms with Gasteiger partial charge in [-0.3, -0.25) is 9.59 Å². The van der Waals surface area contributed by atoms with Gasteiger partial charge in [0.2, 0.25) is 5.78 Å². The van der Waals surface area contributed by atoms with E-state index in [9.17, 15) is 19.2 Å². The molecular formula is C12H20I2O5V. The SMILES string of the molecule is CCC(C)=O.CCOC(=O)C(=O)C(C)C(C)=O.II.[V]. The van der Waals surface area contributed by atoms with Gasteiger partial charge in [0.15, 0.2) is 0 Å². The molecule has 0 fully saturated rings. The van der Waals surface area contributed by atoms with Crippen molar-refractivity contribution < 1.29 is 42.5 Å². The summed E-state index contributed by atoms with van der Waals surface area (Å²) >= 11 is 4.24. The van der Waals surface area contributed by atoms with Gasteiger partial charge in [0.1, 0.15) is 11.6 Å². The van der Waals surface area contributed by atoms with Gasteiger partial charge in [-0.15, -0.1) is 0 Å². The van der Waals surface area contributed by atoms with Gasteiger partial charge >= 0.3 is 5.97 Å². The molecule has 8 heteroatoms. The fraction of sp³-hybridized carbons (Fsp3) is 0.667. The number of carbonyl (C=O) groups is 4. The summed E-state index contributed by atoms with van der Waals surface area (Å²) in [6.07, 6.45) is 0.667. The standard InChI is InChI=1S/C8H12O4.C4H8O.I2.V/c1-4-12-8(11)7(10)5(2)6(3)9;1-3-4(2)5;1-2;/h5H,4H2,1-3H3;3H2,1-2H3;;. The molecule has 1 radical (unpaired) electrons. The molecule has 0 aromatic rings. The minimum Gasteiger partial charge on any atom is -0.460 e. The molecule has 117 valence electrons. The van der Waals surface area contributed by atoms with Crippen LogP contribution in [0.5, 0.6) is 0 Å². The minimum absolute atomic E-state index is 0. The first-order valence-corrected chi connectivity index (χ1v) is 11.9. The van der Waals surface area contributed by atoms with Crippen LogP contribution in [0.25, 0.3) is 0 Å². The van der Waals surface area contributed by atoms with Gasteiger partial charge in [-0.2, -0.15) is 0 Å². The Morgan fingerprint density at radius 1 is 1.05 bits per heavy atom. The van der Waals surface area contributed by atoms with Crippen molar-refractivity contribution in [3.63, 3.8) is 0 Å². The first-order chi connectivity index (χ1) is 8.77. The second-order valence-corrected chi connectivity index (χ2v) is 3.47. The molecular weight excluding hydrogens is 529 g/mol. The average molecular weight is 549 g/mol. The van der Waals surface area contributed by atoms with E-state index in [1.54, 1.807) is 13.8 Å². The van der Waals surface area contributed by atoms with E-state index in [0.29, 0.717) is 6.42 Å². The molecule has 0 aliphatic carbocycles. The summed E-state index contributed by atoms with van der Waals surface area (Å²) < 4.78 is 4.43. The Morgan fingerprint density at radius 2 is 1.40 bits per heavy atom. The fourth-order valence-corrected chi connectivity index (χ4v) is 0.564. The molecule has 0 bridgehead atoms. The minimum atomic E-state index is -0.930. The molecule has 5 nitrogen and oxygen atoms in total. The number of carbonyl (C=O) groups excluding carboxylic acids is 4. The molecule has 0 aromatic carbocycles. The van der Waals surface area contributed by atoms with Crippen LogP contribution in [0.15, 0.2) is 0 Å². The molecule has 0 aromatic heterocycles. The van der Waals surface area contributed by atoms with Crippen LogP contribution in [-0.4, -0.2) is 29.9 Å². The van der Waals surface area contributed by atoms with E-state index in [4.69, 9.17) is 0 Å². The number of esters is 1. The smallest absolute Gasteiger partial charge is 0.375 e. The summed E-state index contributed by atoms with van der Waals surface area (Å²) in [5.74, 6) is -2.66. The fourth-order valence-electron chi connectivity index (χ4n) is 0.564. The van der Waals surface area contributed by atoms with Gasteiger partial charge in [-0.1, -0.05) is 6.92 Å². The van der Waals surface area contributed by atoms with E-state index in [2.05, 4.69) is 42.0 Å². The summed E-state index contributed by atoms with van der Waals surface area (Å²) in [6.45, 7) is 7.84. The zero-order valence-electron chi connectivity index (χ0n) is 12.2. The molecule has 0 heterocycles. The molecule has 20 heavy (non-hydrogen) atoms. The van der Waals surface area contributed by atoms with Gasteiger partial charge in [0.05, 0.1) is 12.5 Å². The third-order valence-corrected chi connectivity index (χ3v) is 1.98. The van der Waals surface area contributed by atoms with E-state index < -0.39 is 17.7 Å². The largest absolute Gasteiger partial charge is 0.460 e. The normalized spacial score (nSPS) is 9.35. The number of rotatable bonds is 5. The predicted molar refractivity (Wildman–Crippen MR) is 90.5 cm³/mol. The predicted octanol–water partition coefficient (Wildman–Crippen LogP) is 3.10. The molecule has 0 amide bonds. The molecule has 0 spiro atoms. The summed E-state index contributed by atoms with van der Waals surface area (Å²) in [4.78, 5) is 42.2. The van der Waals surface area contributed by atoms with Crippen LogP contribution in [-0.2, 0) is 42.5 Å². The second kappa shape index (κ2) is 19.5. The van der Waals surface area contributed by atoms with Crippen molar-refractivity contribution in [2.45, 2.75) is 41.0 Å². The third kappa shape index (κ3) is 18.5. The molecule has 1 atom stereocenters. The van der Waals surface area contributed by atoms with Crippen molar-refractivity contribution in [3.8, 4) is 0 Å². The maximum Gasteiger partial charge on any atom is 0.375 e. The first-order valence-electron chi connectivity index (χ1n) is 5.62. The number of Topliss-reactive ketones (excluding diaryl/α,β-unsaturated/α-hetero) is 3. The van der Waals surface area contributed by atoms with Crippen LogP contribution in [0.3, 0.4) is 0 Å². The van der Waals surface area contributed by atoms with Crippen molar-refractivity contribution in [1.82, 2.24) is 0 Å². The summed E-state index contributed by atoms with van der Waals surface area (Å²) in [5, 5.41) is 0. The summed E-state index contributed by atoms with van der Waals surface area (Å²) in [5.41, 5.74) is 0. The molecule has 0 saturated carbocycles. The zero-order chi connectivity index (χ0) is 16.0. The Kier molecular flexibility index (Phi) is 28.0. The molecule has 0 rings (SSSR count). The average Bonchev–Trinajstić information content (AvgIpc) is 2.40. The van der Waals surface area contributed by atoms with Gasteiger partial charge in [-0.25, -0.2) is 4.79 Å². The monoisotopic (exact) mass is 549 g/mol. The number of halogens is 2. The number of hydrogen-bond acceptors (Lipinski definition) is 5. The Bertz CT molecular complexity index is 308. The van der Waals surface area contributed by atoms with E-state index in [1.807, 2.05) is 6.92 Å². The van der Waals surface area contributed by atoms with Gasteiger partial charge < -0.3 is 9.53 Å². The van der Waals surface area contributed by atoms with Crippen LogP contribution < -0.4 is 0 Å². The zero-order valence-corrected chi connectivity index (χ0v) is 17.9. The first kappa shape index (κ1) is 28.7. The van der Waals surface area contributed by atoms with Crippen molar-refractivity contribution in [3.05, 3.63) is 0 Å². The van der Waals surface area contributed by atoms with Crippen LogP contribution >= 0.6 is 37.2 Å². The van der Waals surface area contributed by atoms with Gasteiger partial charge in [0, 0.05) is 62.2 Å². The third-order valence-electron chi connectivity index (χ3n) is 1.98. The van der Waals surface area contributed by atoms with E-state index >= 15 is 0 Å². The molecule has 0 aliphatic rings. The van der Waals surface area contributed by atoms with Crippen molar-refractivity contribution in [1.29, 1.82) is 0 Å². The summed E-state index contributed by atoms with van der Waals surface area (Å²) in [7, 11) is 0. The second-order valence-electron chi connectivity index (χ2n) is 3.47. The molecule has 0 saturated heterocycles. The number of ether oxygens (including phenoxy) is 1. The maximum atomic E-state index is 11.0. The van der Waals surface area contributed by atoms with Crippen molar-refractivity contribution in [2.75, 3.05) is 6.61 Å². The van der Waals surface area contributed by atoms with E-state index in [1.165, 1.54) is 13.8 Å². The van der Waals surface area contributed by atoms with Crippen molar-refractivity contribution >= 4 is 60.6 Å².